The molecule has 0 radical (unpaired) electrons. The highest BCUT2D eigenvalue weighted by Gasteiger charge is 2.11. The van der Waals surface area contributed by atoms with E-state index in [9.17, 15) is 4.79 Å². The summed E-state index contributed by atoms with van der Waals surface area (Å²) in [6.45, 7) is 5.42. The Morgan fingerprint density at radius 1 is 1.09 bits per heavy atom. The van der Waals surface area contributed by atoms with Crippen molar-refractivity contribution in [3.8, 4) is 11.5 Å². The number of carbonyl (C=O) groups excluding carboxylic acids is 1. The molecular formula is C25H36N4O3. The summed E-state index contributed by atoms with van der Waals surface area (Å²) in [7, 11) is 7.05. The number of benzene rings is 2. The Kier molecular flexibility index (Phi) is 9.85. The maximum absolute atomic E-state index is 12.4. The first-order chi connectivity index (χ1) is 15.4. The lowest BCUT2D eigenvalue weighted by molar-refractivity contribution is 0.0939. The molecule has 0 aliphatic carbocycles. The summed E-state index contributed by atoms with van der Waals surface area (Å²) in [6.07, 6.45) is 1.74. The van der Waals surface area contributed by atoms with Gasteiger partial charge in [-0.15, -0.1) is 0 Å². The van der Waals surface area contributed by atoms with Crippen LogP contribution in [0.3, 0.4) is 0 Å². The third-order valence-corrected chi connectivity index (χ3v) is 5.39. The smallest absolute Gasteiger partial charge is 0.251 e. The first-order valence-electron chi connectivity index (χ1n) is 10.9. The molecule has 0 heterocycles. The van der Waals surface area contributed by atoms with Gasteiger partial charge in [0.15, 0.2) is 17.5 Å². The van der Waals surface area contributed by atoms with Crippen LogP contribution in [0.2, 0.25) is 0 Å². The maximum Gasteiger partial charge on any atom is 0.251 e. The zero-order valence-electron chi connectivity index (χ0n) is 20.1. The Morgan fingerprint density at radius 2 is 1.84 bits per heavy atom. The number of nitrogens with zero attached hydrogens (tertiary/aromatic N) is 2. The lowest BCUT2D eigenvalue weighted by Gasteiger charge is -2.22. The molecule has 7 heteroatoms. The van der Waals surface area contributed by atoms with Gasteiger partial charge in [0, 0.05) is 38.8 Å². The molecule has 2 aromatic rings. The van der Waals surface area contributed by atoms with Crippen molar-refractivity contribution in [2.75, 3.05) is 34.9 Å². The van der Waals surface area contributed by atoms with Crippen molar-refractivity contribution in [1.29, 1.82) is 0 Å². The van der Waals surface area contributed by atoms with Crippen molar-refractivity contribution in [1.82, 2.24) is 15.5 Å². The molecule has 0 fully saturated rings. The van der Waals surface area contributed by atoms with E-state index in [0.717, 1.165) is 48.0 Å². The number of ether oxygens (including phenoxy) is 2. The monoisotopic (exact) mass is 440 g/mol. The predicted molar refractivity (Wildman–Crippen MR) is 130 cm³/mol. The molecule has 0 spiro atoms. The van der Waals surface area contributed by atoms with E-state index in [2.05, 4.69) is 27.4 Å². The lowest BCUT2D eigenvalue weighted by atomic mass is 10.1. The highest BCUT2D eigenvalue weighted by molar-refractivity contribution is 5.94. The molecule has 0 saturated carbocycles. The molecule has 2 N–H and O–H groups in total. The second kappa shape index (κ2) is 12.6. The number of hydrogen-bond acceptors (Lipinski definition) is 4. The molecule has 174 valence electrons. The molecule has 2 rings (SSSR count). The van der Waals surface area contributed by atoms with E-state index < -0.39 is 0 Å². The number of likely N-dealkylation sites (N-methyl/N-ethyl adjacent to an activating group) is 1. The zero-order chi connectivity index (χ0) is 23.5. The largest absolute Gasteiger partial charge is 0.493 e. The average molecular weight is 441 g/mol. The van der Waals surface area contributed by atoms with Gasteiger partial charge in [0.05, 0.1) is 14.2 Å². The van der Waals surface area contributed by atoms with E-state index in [0.29, 0.717) is 12.1 Å². The topological polar surface area (TPSA) is 75.2 Å². The number of carbonyl (C=O) groups is 1. The summed E-state index contributed by atoms with van der Waals surface area (Å²) in [6, 6.07) is 13.8. The van der Waals surface area contributed by atoms with Gasteiger partial charge in [-0.3, -0.25) is 9.79 Å². The number of methoxy groups -OCH3 is 2. The molecule has 2 aromatic carbocycles. The Labute approximate surface area is 191 Å². The zero-order valence-corrected chi connectivity index (χ0v) is 20.1. The van der Waals surface area contributed by atoms with Crippen LogP contribution in [0.1, 0.15) is 41.8 Å². The van der Waals surface area contributed by atoms with E-state index in [4.69, 9.17) is 9.47 Å². The SMILES string of the molecule is CCC(C)NC(=O)c1cccc(CNC(=NC)N(C)CCc2ccc(OC)c(OC)c2)c1. The maximum atomic E-state index is 12.4. The van der Waals surface area contributed by atoms with Gasteiger partial charge in [-0.25, -0.2) is 0 Å². The molecule has 1 atom stereocenters. The minimum Gasteiger partial charge on any atom is -0.493 e. The molecular weight excluding hydrogens is 404 g/mol. The molecule has 7 nitrogen and oxygen atoms in total. The van der Waals surface area contributed by atoms with Gasteiger partial charge >= 0.3 is 0 Å². The van der Waals surface area contributed by atoms with Crippen molar-refractivity contribution in [3.05, 3.63) is 59.2 Å². The predicted octanol–water partition coefficient (Wildman–Crippen LogP) is 3.48. The fraction of sp³-hybridized carbons (Fsp3) is 0.440. The van der Waals surface area contributed by atoms with E-state index in [1.54, 1.807) is 21.3 Å². The number of guanidine groups is 1. The minimum atomic E-state index is -0.0439. The quantitative estimate of drug-likeness (QED) is 0.437. The highest BCUT2D eigenvalue weighted by atomic mass is 16.5. The van der Waals surface area contributed by atoms with Crippen LogP contribution in [0.15, 0.2) is 47.5 Å². The van der Waals surface area contributed by atoms with Gasteiger partial charge in [0.25, 0.3) is 5.91 Å². The molecule has 32 heavy (non-hydrogen) atoms. The normalized spacial score (nSPS) is 12.1. The van der Waals surface area contributed by atoms with Crippen LogP contribution >= 0.6 is 0 Å². The number of nitrogens with one attached hydrogen (secondary N) is 2. The molecule has 0 aliphatic heterocycles. The van der Waals surface area contributed by atoms with Gasteiger partial charge in [-0.1, -0.05) is 25.1 Å². The Bertz CT molecular complexity index is 914. The summed E-state index contributed by atoms with van der Waals surface area (Å²) < 4.78 is 10.7. The molecule has 0 aliphatic rings. The molecule has 0 aromatic heterocycles. The van der Waals surface area contributed by atoms with Crippen LogP contribution in [0.25, 0.3) is 0 Å². The van der Waals surface area contributed by atoms with Crippen LogP contribution in [0, 0.1) is 0 Å². The highest BCUT2D eigenvalue weighted by Crippen LogP contribution is 2.27. The third kappa shape index (κ3) is 7.18. The minimum absolute atomic E-state index is 0.0439. The van der Waals surface area contributed by atoms with E-state index in [1.165, 1.54) is 0 Å². The summed E-state index contributed by atoms with van der Waals surface area (Å²) >= 11 is 0. The fourth-order valence-corrected chi connectivity index (χ4v) is 3.24. The molecule has 1 unspecified atom stereocenters. The van der Waals surface area contributed by atoms with Crippen LogP contribution in [-0.4, -0.2) is 57.7 Å². The third-order valence-electron chi connectivity index (χ3n) is 5.39. The van der Waals surface area contributed by atoms with Crippen molar-refractivity contribution in [2.45, 2.75) is 39.3 Å². The van der Waals surface area contributed by atoms with Gasteiger partial charge in [-0.05, 0) is 55.2 Å². The Balaban J connectivity index is 1.93. The number of rotatable bonds is 10. The van der Waals surface area contributed by atoms with Crippen LogP contribution in [0.4, 0.5) is 0 Å². The Morgan fingerprint density at radius 3 is 2.50 bits per heavy atom. The second-order valence-electron chi connectivity index (χ2n) is 7.74. The van der Waals surface area contributed by atoms with E-state index in [1.807, 2.05) is 56.4 Å². The number of aliphatic imine (C=N–C) groups is 1. The van der Waals surface area contributed by atoms with E-state index >= 15 is 0 Å². The van der Waals surface area contributed by atoms with Gasteiger partial charge in [0.2, 0.25) is 0 Å². The van der Waals surface area contributed by atoms with Gasteiger partial charge < -0.3 is 25.0 Å². The molecule has 0 bridgehead atoms. The second-order valence-corrected chi connectivity index (χ2v) is 7.74. The molecule has 1 amide bonds. The van der Waals surface area contributed by atoms with Gasteiger partial charge in [-0.2, -0.15) is 0 Å². The summed E-state index contributed by atoms with van der Waals surface area (Å²) in [5.74, 6) is 2.20. The van der Waals surface area contributed by atoms with Crippen molar-refractivity contribution in [3.63, 3.8) is 0 Å². The lowest BCUT2D eigenvalue weighted by Crippen LogP contribution is -2.39. The molecule has 0 saturated heterocycles. The number of hydrogen-bond donors (Lipinski definition) is 2. The summed E-state index contributed by atoms with van der Waals surface area (Å²) in [5, 5.41) is 6.39. The summed E-state index contributed by atoms with van der Waals surface area (Å²) in [4.78, 5) is 18.9. The van der Waals surface area contributed by atoms with Crippen LogP contribution < -0.4 is 20.1 Å². The van der Waals surface area contributed by atoms with Crippen molar-refractivity contribution >= 4 is 11.9 Å². The van der Waals surface area contributed by atoms with Crippen molar-refractivity contribution < 1.29 is 14.3 Å². The Hall–Kier alpha value is -3.22. The van der Waals surface area contributed by atoms with E-state index in [-0.39, 0.29) is 11.9 Å². The first kappa shape index (κ1) is 25.0. The van der Waals surface area contributed by atoms with Crippen molar-refractivity contribution in [2.24, 2.45) is 4.99 Å². The van der Waals surface area contributed by atoms with Gasteiger partial charge in [0.1, 0.15) is 0 Å². The summed E-state index contributed by atoms with van der Waals surface area (Å²) in [5.41, 5.74) is 2.85. The first-order valence-corrected chi connectivity index (χ1v) is 10.9. The number of amides is 1. The van der Waals surface area contributed by atoms with Crippen LogP contribution in [0.5, 0.6) is 11.5 Å². The van der Waals surface area contributed by atoms with Crippen LogP contribution in [-0.2, 0) is 13.0 Å². The standard InChI is InChI=1S/C25H36N4O3/c1-7-18(2)28-24(30)21-10-8-9-20(15-21)17-27-25(26-3)29(4)14-13-19-11-12-22(31-5)23(16-19)32-6/h8-12,15-16,18H,7,13-14,17H2,1-6H3,(H,26,27)(H,28,30). The average Bonchev–Trinajstić information content (AvgIpc) is 2.82. The fourth-order valence-electron chi connectivity index (χ4n) is 3.24.